The van der Waals surface area contributed by atoms with E-state index in [0.29, 0.717) is 17.3 Å². The number of piperidine rings is 1. The molecule has 0 saturated carbocycles. The van der Waals surface area contributed by atoms with Crippen LogP contribution < -0.4 is 19.7 Å². The highest BCUT2D eigenvalue weighted by Crippen LogP contribution is 2.38. The van der Waals surface area contributed by atoms with Gasteiger partial charge in [-0.25, -0.2) is 9.97 Å². The standard InChI is InChI=1S/C30H30N4O3S/c35-29(23-13-14-31-28(18-23)34-15-5-2-6-16-34)32-19-25-20-33-30(38-25)36-24-10-12-27-22(17-24)9-11-26(37-27)21-7-3-1-4-8-21/h1,3-4,7-8,10,12-14,17-18,20,26H,2,5-6,9,11,15-16,19H2,(H,32,35). The van der Waals surface area contributed by atoms with Crippen LogP contribution in [0.25, 0.3) is 0 Å². The molecular formula is C30H30N4O3S. The second kappa shape index (κ2) is 11.2. The fourth-order valence-electron chi connectivity index (χ4n) is 4.98. The highest BCUT2D eigenvalue weighted by molar-refractivity contribution is 7.13. The van der Waals surface area contributed by atoms with Gasteiger partial charge in [0, 0.05) is 35.9 Å². The van der Waals surface area contributed by atoms with Crippen LogP contribution in [-0.4, -0.2) is 29.0 Å². The largest absolute Gasteiger partial charge is 0.485 e. The summed E-state index contributed by atoms with van der Waals surface area (Å²) in [5, 5.41) is 3.54. The van der Waals surface area contributed by atoms with Crippen molar-refractivity contribution >= 4 is 23.1 Å². The molecule has 2 aromatic carbocycles. The number of aromatic nitrogens is 2. The second-order valence-corrected chi connectivity index (χ2v) is 10.7. The third-order valence-electron chi connectivity index (χ3n) is 7.00. The molecule has 1 fully saturated rings. The van der Waals surface area contributed by atoms with E-state index >= 15 is 0 Å². The normalized spacial score (nSPS) is 16.8. The van der Waals surface area contributed by atoms with Crippen molar-refractivity contribution in [2.75, 3.05) is 18.0 Å². The van der Waals surface area contributed by atoms with Crippen LogP contribution in [0.1, 0.15) is 58.1 Å². The van der Waals surface area contributed by atoms with Crippen molar-refractivity contribution < 1.29 is 14.3 Å². The van der Waals surface area contributed by atoms with Gasteiger partial charge in [-0.05, 0) is 73.6 Å². The van der Waals surface area contributed by atoms with Gasteiger partial charge in [-0.15, -0.1) is 0 Å². The lowest BCUT2D eigenvalue weighted by molar-refractivity contribution is 0.0951. The third kappa shape index (κ3) is 5.65. The average Bonchev–Trinajstić information content (AvgIpc) is 3.43. The zero-order chi connectivity index (χ0) is 25.7. The smallest absolute Gasteiger partial charge is 0.278 e. The highest BCUT2D eigenvalue weighted by Gasteiger charge is 2.22. The van der Waals surface area contributed by atoms with Crippen LogP contribution in [0.4, 0.5) is 5.82 Å². The van der Waals surface area contributed by atoms with E-state index in [1.807, 2.05) is 42.5 Å². The van der Waals surface area contributed by atoms with Gasteiger partial charge in [-0.1, -0.05) is 41.7 Å². The SMILES string of the molecule is O=C(NCc1cnc(Oc2ccc3c(c2)CCC(c2ccccc2)O3)s1)c1ccnc(N2CCCCC2)c1. The molecule has 2 aliphatic heterocycles. The summed E-state index contributed by atoms with van der Waals surface area (Å²) in [6.07, 6.45) is 8.99. The number of hydrogen-bond donors (Lipinski definition) is 1. The van der Waals surface area contributed by atoms with Crippen LogP contribution in [0.3, 0.4) is 0 Å². The Balaban J connectivity index is 1.04. The number of nitrogens with one attached hydrogen (secondary N) is 1. The number of nitrogens with zero attached hydrogens (tertiary/aromatic N) is 3. The molecule has 0 radical (unpaired) electrons. The van der Waals surface area contributed by atoms with Gasteiger partial charge in [0.15, 0.2) is 0 Å². The zero-order valence-corrected chi connectivity index (χ0v) is 22.0. The molecule has 6 rings (SSSR count). The predicted molar refractivity (Wildman–Crippen MR) is 148 cm³/mol. The van der Waals surface area contributed by atoms with Crippen LogP contribution in [0.5, 0.6) is 16.7 Å². The Kier molecular flexibility index (Phi) is 7.22. The molecule has 1 amide bonds. The van der Waals surface area contributed by atoms with Gasteiger partial charge in [0.25, 0.3) is 11.1 Å². The quantitative estimate of drug-likeness (QED) is 0.304. The Morgan fingerprint density at radius 1 is 1.05 bits per heavy atom. The zero-order valence-electron chi connectivity index (χ0n) is 21.1. The van der Waals surface area contributed by atoms with Gasteiger partial charge in [0.1, 0.15) is 23.4 Å². The van der Waals surface area contributed by atoms with E-state index in [0.717, 1.165) is 53.7 Å². The lowest BCUT2D eigenvalue weighted by atomic mass is 9.97. The molecule has 4 aromatic rings. The van der Waals surface area contributed by atoms with Gasteiger partial charge in [-0.3, -0.25) is 4.79 Å². The molecule has 0 spiro atoms. The number of pyridine rings is 1. The fraction of sp³-hybridized carbons (Fsp3) is 0.300. The van der Waals surface area contributed by atoms with E-state index in [2.05, 4.69) is 32.3 Å². The van der Waals surface area contributed by atoms with E-state index in [9.17, 15) is 4.79 Å². The molecule has 0 aliphatic carbocycles. The molecule has 1 saturated heterocycles. The number of amides is 1. The molecule has 1 unspecified atom stereocenters. The monoisotopic (exact) mass is 526 g/mol. The van der Waals surface area contributed by atoms with Gasteiger partial charge < -0.3 is 19.7 Å². The number of benzene rings is 2. The van der Waals surface area contributed by atoms with E-state index in [1.54, 1.807) is 18.5 Å². The lowest BCUT2D eigenvalue weighted by Gasteiger charge is -2.27. The molecule has 4 heterocycles. The summed E-state index contributed by atoms with van der Waals surface area (Å²) in [5.41, 5.74) is 2.96. The maximum absolute atomic E-state index is 12.8. The third-order valence-corrected chi connectivity index (χ3v) is 7.87. The Bertz CT molecular complexity index is 1400. The molecule has 8 heteroatoms. The Hall–Kier alpha value is -3.91. The van der Waals surface area contributed by atoms with Crippen molar-refractivity contribution in [3.63, 3.8) is 0 Å². The second-order valence-electron chi connectivity index (χ2n) is 9.65. The van der Waals surface area contributed by atoms with Crippen molar-refractivity contribution in [3.05, 3.63) is 94.6 Å². The van der Waals surface area contributed by atoms with Crippen molar-refractivity contribution in [1.29, 1.82) is 0 Å². The van der Waals surface area contributed by atoms with Crippen molar-refractivity contribution in [2.24, 2.45) is 0 Å². The lowest BCUT2D eigenvalue weighted by Crippen LogP contribution is -2.30. The Morgan fingerprint density at radius 3 is 2.79 bits per heavy atom. The fourth-order valence-corrected chi connectivity index (χ4v) is 5.69. The molecule has 1 N–H and O–H groups in total. The van der Waals surface area contributed by atoms with Gasteiger partial charge in [0.2, 0.25) is 0 Å². The number of ether oxygens (including phenoxy) is 2. The summed E-state index contributed by atoms with van der Waals surface area (Å²) >= 11 is 1.43. The van der Waals surface area contributed by atoms with Gasteiger partial charge in [0.05, 0.1) is 6.54 Å². The van der Waals surface area contributed by atoms with Crippen LogP contribution in [0.15, 0.2) is 73.1 Å². The molecule has 2 aromatic heterocycles. The van der Waals surface area contributed by atoms with Crippen LogP contribution in [0, 0.1) is 0 Å². The summed E-state index contributed by atoms with van der Waals surface area (Å²) in [4.78, 5) is 24.8. The van der Waals surface area contributed by atoms with Crippen molar-refractivity contribution in [2.45, 2.75) is 44.8 Å². The minimum Gasteiger partial charge on any atom is -0.485 e. The summed E-state index contributed by atoms with van der Waals surface area (Å²) in [6.45, 7) is 2.38. The van der Waals surface area contributed by atoms with Crippen molar-refractivity contribution in [1.82, 2.24) is 15.3 Å². The minimum atomic E-state index is -0.120. The number of fused-ring (bicyclic) bond motifs is 1. The molecular weight excluding hydrogens is 496 g/mol. The number of rotatable bonds is 7. The molecule has 1 atom stereocenters. The number of hydrogen-bond acceptors (Lipinski definition) is 7. The molecule has 7 nitrogen and oxygen atoms in total. The summed E-state index contributed by atoms with van der Waals surface area (Å²) in [7, 11) is 0. The molecule has 2 aliphatic rings. The maximum atomic E-state index is 12.8. The number of thiazole rings is 1. The number of carbonyl (C=O) groups excluding carboxylic acids is 1. The number of anilines is 1. The molecule has 38 heavy (non-hydrogen) atoms. The minimum absolute atomic E-state index is 0.0794. The summed E-state index contributed by atoms with van der Waals surface area (Å²) in [5.74, 6) is 2.39. The first-order chi connectivity index (χ1) is 18.7. The first-order valence-corrected chi connectivity index (χ1v) is 14.0. The highest BCUT2D eigenvalue weighted by atomic mass is 32.1. The van der Waals surface area contributed by atoms with Crippen LogP contribution in [-0.2, 0) is 13.0 Å². The van der Waals surface area contributed by atoms with Gasteiger partial charge >= 0.3 is 0 Å². The maximum Gasteiger partial charge on any atom is 0.278 e. The first kappa shape index (κ1) is 24.4. The topological polar surface area (TPSA) is 76.6 Å². The van der Waals surface area contributed by atoms with E-state index < -0.39 is 0 Å². The van der Waals surface area contributed by atoms with Gasteiger partial charge in [-0.2, -0.15) is 0 Å². The first-order valence-electron chi connectivity index (χ1n) is 13.2. The van der Waals surface area contributed by atoms with E-state index in [1.165, 1.54) is 36.2 Å². The Labute approximate surface area is 226 Å². The Morgan fingerprint density at radius 2 is 1.92 bits per heavy atom. The number of carbonyl (C=O) groups is 1. The number of aryl methyl sites for hydroxylation is 1. The predicted octanol–water partition coefficient (Wildman–Crippen LogP) is 6.32. The van der Waals surface area contributed by atoms with Crippen LogP contribution >= 0.6 is 11.3 Å². The van der Waals surface area contributed by atoms with E-state index in [-0.39, 0.29) is 12.0 Å². The summed E-state index contributed by atoms with van der Waals surface area (Å²) in [6, 6.07) is 19.9. The molecule has 0 bridgehead atoms. The average molecular weight is 527 g/mol. The van der Waals surface area contributed by atoms with Crippen LogP contribution in [0.2, 0.25) is 0 Å². The van der Waals surface area contributed by atoms with Crippen molar-refractivity contribution in [3.8, 4) is 16.7 Å². The molecule has 194 valence electrons. The van der Waals surface area contributed by atoms with E-state index in [4.69, 9.17) is 9.47 Å². The summed E-state index contributed by atoms with van der Waals surface area (Å²) < 4.78 is 12.3.